The predicted octanol–water partition coefficient (Wildman–Crippen LogP) is 1.76. The van der Waals surface area contributed by atoms with Crippen molar-refractivity contribution in [2.75, 3.05) is 19.0 Å². The van der Waals surface area contributed by atoms with Gasteiger partial charge in [-0.3, -0.25) is 0 Å². The second-order valence-corrected chi connectivity index (χ2v) is 4.64. The lowest BCUT2D eigenvalue weighted by molar-refractivity contribution is 0.349. The van der Waals surface area contributed by atoms with E-state index in [1.165, 1.54) is 0 Å². The first kappa shape index (κ1) is 13.0. The molecule has 2 N–H and O–H groups in total. The van der Waals surface area contributed by atoms with Gasteiger partial charge in [0.25, 0.3) is 5.95 Å². The first-order chi connectivity index (χ1) is 7.50. The van der Waals surface area contributed by atoms with Gasteiger partial charge in [-0.25, -0.2) is 0 Å². The van der Waals surface area contributed by atoms with E-state index < -0.39 is 0 Å². The number of rotatable bonds is 6. The Balaban J connectivity index is 2.43. The first-order valence-electron chi connectivity index (χ1n) is 5.77. The molecule has 0 aliphatic rings. The van der Waals surface area contributed by atoms with E-state index in [0.717, 1.165) is 19.3 Å². The van der Waals surface area contributed by atoms with E-state index in [4.69, 9.17) is 10.3 Å². The zero-order valence-electron chi connectivity index (χ0n) is 10.6. The number of hydrogen-bond donors (Lipinski definition) is 1. The summed E-state index contributed by atoms with van der Waals surface area (Å²) in [6.45, 7) is 4.13. The third kappa shape index (κ3) is 3.81. The van der Waals surface area contributed by atoms with Gasteiger partial charge < -0.3 is 15.2 Å². The van der Waals surface area contributed by atoms with Crippen LogP contribution in [0.4, 0.5) is 5.95 Å². The Bertz CT molecular complexity index is 309. The van der Waals surface area contributed by atoms with Gasteiger partial charge >= 0.3 is 0 Å². The highest BCUT2D eigenvalue weighted by Crippen LogP contribution is 2.21. The van der Waals surface area contributed by atoms with Crippen molar-refractivity contribution in [1.29, 1.82) is 0 Å². The highest BCUT2D eigenvalue weighted by Gasteiger charge is 2.14. The molecule has 0 amide bonds. The minimum absolute atomic E-state index is 0.271. The molecule has 0 radical (unpaired) electrons. The van der Waals surface area contributed by atoms with Crippen molar-refractivity contribution in [2.45, 2.75) is 45.1 Å². The zero-order chi connectivity index (χ0) is 12.1. The monoisotopic (exact) mass is 226 g/mol. The molecule has 0 saturated carbocycles. The van der Waals surface area contributed by atoms with E-state index in [1.807, 2.05) is 25.9 Å². The molecule has 5 heteroatoms. The van der Waals surface area contributed by atoms with E-state index >= 15 is 0 Å². The van der Waals surface area contributed by atoms with Crippen molar-refractivity contribution < 1.29 is 4.52 Å². The van der Waals surface area contributed by atoms with Gasteiger partial charge in [-0.05, 0) is 24.9 Å². The fraction of sp³-hybridized carbons (Fsp3) is 0.818. The van der Waals surface area contributed by atoms with Crippen LogP contribution in [0, 0.1) is 0 Å². The number of anilines is 1. The summed E-state index contributed by atoms with van der Waals surface area (Å²) in [6.07, 6.45) is 3.17. The van der Waals surface area contributed by atoms with Gasteiger partial charge in [0.05, 0.1) is 0 Å². The van der Waals surface area contributed by atoms with Crippen LogP contribution < -0.4 is 10.6 Å². The fourth-order valence-electron chi connectivity index (χ4n) is 1.48. The van der Waals surface area contributed by atoms with Crippen LogP contribution in [0.1, 0.15) is 44.9 Å². The van der Waals surface area contributed by atoms with Gasteiger partial charge in [-0.1, -0.05) is 13.3 Å². The SMILES string of the molecule is CC(N)CCCC(C)c1nc(N(C)C)no1. The Labute approximate surface area is 97.0 Å². The van der Waals surface area contributed by atoms with Gasteiger partial charge in [-0.15, -0.1) is 0 Å². The normalized spacial score (nSPS) is 14.8. The van der Waals surface area contributed by atoms with Gasteiger partial charge in [0.15, 0.2) is 0 Å². The smallest absolute Gasteiger partial charge is 0.265 e. The third-order valence-electron chi connectivity index (χ3n) is 2.55. The summed E-state index contributed by atoms with van der Waals surface area (Å²) >= 11 is 0. The summed E-state index contributed by atoms with van der Waals surface area (Å²) in [7, 11) is 3.80. The summed E-state index contributed by atoms with van der Waals surface area (Å²) in [5.74, 6) is 1.65. The topological polar surface area (TPSA) is 68.2 Å². The molecule has 0 aliphatic heterocycles. The second-order valence-electron chi connectivity index (χ2n) is 4.64. The number of nitrogens with zero attached hydrogens (tertiary/aromatic N) is 3. The second kappa shape index (κ2) is 5.84. The molecule has 0 spiro atoms. The Hall–Kier alpha value is -1.10. The van der Waals surface area contributed by atoms with Crippen molar-refractivity contribution in [1.82, 2.24) is 10.1 Å². The van der Waals surface area contributed by atoms with Crippen molar-refractivity contribution in [2.24, 2.45) is 5.73 Å². The van der Waals surface area contributed by atoms with Gasteiger partial charge in [0.1, 0.15) is 0 Å². The van der Waals surface area contributed by atoms with Crippen LogP contribution in [0.3, 0.4) is 0 Å². The Kier molecular flexibility index (Phi) is 4.73. The van der Waals surface area contributed by atoms with Crippen LogP contribution >= 0.6 is 0 Å². The van der Waals surface area contributed by atoms with E-state index in [2.05, 4.69) is 17.1 Å². The van der Waals surface area contributed by atoms with E-state index in [9.17, 15) is 0 Å². The maximum absolute atomic E-state index is 5.70. The average Bonchev–Trinajstić information content (AvgIpc) is 2.65. The minimum atomic E-state index is 0.271. The van der Waals surface area contributed by atoms with Crippen LogP contribution in [0.5, 0.6) is 0 Å². The van der Waals surface area contributed by atoms with Crippen LogP contribution in [0.2, 0.25) is 0 Å². The largest absolute Gasteiger partial charge is 0.344 e. The van der Waals surface area contributed by atoms with Crippen molar-refractivity contribution in [3.05, 3.63) is 5.89 Å². The predicted molar refractivity (Wildman–Crippen MR) is 64.5 cm³/mol. The highest BCUT2D eigenvalue weighted by atomic mass is 16.5. The quantitative estimate of drug-likeness (QED) is 0.800. The van der Waals surface area contributed by atoms with Gasteiger partial charge in [0.2, 0.25) is 5.89 Å². The minimum Gasteiger partial charge on any atom is -0.344 e. The van der Waals surface area contributed by atoms with Crippen LogP contribution in [0.25, 0.3) is 0 Å². The van der Waals surface area contributed by atoms with Crippen molar-refractivity contribution in [3.63, 3.8) is 0 Å². The molecule has 1 aromatic heterocycles. The van der Waals surface area contributed by atoms with Gasteiger partial charge in [0, 0.05) is 26.1 Å². The Morgan fingerprint density at radius 3 is 2.50 bits per heavy atom. The molecule has 2 unspecified atom stereocenters. The lowest BCUT2D eigenvalue weighted by atomic mass is 10.0. The maximum Gasteiger partial charge on any atom is 0.265 e. The molecule has 1 rings (SSSR count). The summed E-state index contributed by atoms with van der Waals surface area (Å²) < 4.78 is 5.21. The molecule has 0 aliphatic carbocycles. The van der Waals surface area contributed by atoms with Crippen LogP contribution in [0.15, 0.2) is 4.52 Å². The molecule has 0 saturated heterocycles. The molecular weight excluding hydrogens is 204 g/mol. The molecule has 1 aromatic rings. The zero-order valence-corrected chi connectivity index (χ0v) is 10.6. The van der Waals surface area contributed by atoms with Gasteiger partial charge in [-0.2, -0.15) is 4.98 Å². The average molecular weight is 226 g/mol. The summed E-state index contributed by atoms with van der Waals surface area (Å²) in [5, 5.41) is 3.90. The lowest BCUT2D eigenvalue weighted by Crippen LogP contribution is -2.14. The van der Waals surface area contributed by atoms with Crippen molar-refractivity contribution >= 4 is 5.95 Å². The molecule has 0 fully saturated rings. The Morgan fingerprint density at radius 1 is 1.31 bits per heavy atom. The number of hydrogen-bond acceptors (Lipinski definition) is 5. The van der Waals surface area contributed by atoms with Crippen LogP contribution in [-0.4, -0.2) is 30.3 Å². The summed E-state index contributed by atoms with van der Waals surface area (Å²) in [4.78, 5) is 6.16. The lowest BCUT2D eigenvalue weighted by Gasteiger charge is -2.08. The van der Waals surface area contributed by atoms with Crippen molar-refractivity contribution in [3.8, 4) is 0 Å². The van der Waals surface area contributed by atoms with E-state index in [1.54, 1.807) is 0 Å². The fourth-order valence-corrected chi connectivity index (χ4v) is 1.48. The molecule has 5 nitrogen and oxygen atoms in total. The molecule has 2 atom stereocenters. The molecular formula is C11H22N4O. The molecule has 92 valence electrons. The number of aromatic nitrogens is 2. The number of nitrogens with two attached hydrogens (primary N) is 1. The summed E-state index contributed by atoms with van der Waals surface area (Å²) in [6, 6.07) is 0.271. The summed E-state index contributed by atoms with van der Waals surface area (Å²) in [5.41, 5.74) is 5.70. The van der Waals surface area contributed by atoms with E-state index in [0.29, 0.717) is 17.8 Å². The first-order valence-corrected chi connectivity index (χ1v) is 5.77. The van der Waals surface area contributed by atoms with E-state index in [-0.39, 0.29) is 6.04 Å². The molecule has 16 heavy (non-hydrogen) atoms. The van der Waals surface area contributed by atoms with Crippen LogP contribution in [-0.2, 0) is 0 Å². The standard InChI is InChI=1S/C11H22N4O/c1-8(6-5-7-9(2)12)10-13-11(14-16-10)15(3)4/h8-9H,5-7,12H2,1-4H3. The molecule has 0 bridgehead atoms. The maximum atomic E-state index is 5.70. The Morgan fingerprint density at radius 2 is 2.00 bits per heavy atom. The molecule has 0 aromatic carbocycles. The molecule has 1 heterocycles. The third-order valence-corrected chi connectivity index (χ3v) is 2.55. The highest BCUT2D eigenvalue weighted by molar-refractivity contribution is 5.24.